The quantitative estimate of drug-likeness (QED) is 0.760. The summed E-state index contributed by atoms with van der Waals surface area (Å²) >= 11 is 0. The van der Waals surface area contributed by atoms with E-state index in [0.717, 1.165) is 0 Å². The van der Waals surface area contributed by atoms with Gasteiger partial charge in [-0.15, -0.1) is 0 Å². The van der Waals surface area contributed by atoms with E-state index in [1.807, 2.05) is 18.2 Å². The van der Waals surface area contributed by atoms with Crippen molar-refractivity contribution in [1.29, 1.82) is 0 Å². The Balaban J connectivity index is 0.000000162. The first-order valence-electron chi connectivity index (χ1n) is 4.36. The van der Waals surface area contributed by atoms with E-state index in [0.29, 0.717) is 5.69 Å². The standard InChI is InChI=1S/C6H6N2O.C5H5N/c1-2-5-3-4-6(9)8-7-5;1-2-4-6-5-3-1/h2-4H,1H2,(H,8,9);1-5H. The van der Waals surface area contributed by atoms with Crippen LogP contribution >= 0.6 is 0 Å². The maximum atomic E-state index is 10.4. The van der Waals surface area contributed by atoms with E-state index in [9.17, 15) is 4.79 Å². The molecule has 2 rings (SSSR count). The van der Waals surface area contributed by atoms with Gasteiger partial charge in [-0.25, -0.2) is 5.10 Å². The molecular weight excluding hydrogens is 190 g/mol. The highest BCUT2D eigenvalue weighted by atomic mass is 16.1. The molecule has 4 nitrogen and oxygen atoms in total. The van der Waals surface area contributed by atoms with E-state index in [4.69, 9.17) is 0 Å². The first kappa shape index (κ1) is 10.8. The summed E-state index contributed by atoms with van der Waals surface area (Å²) < 4.78 is 0. The molecular formula is C11H11N3O. The van der Waals surface area contributed by atoms with Crippen LogP contribution in [0.4, 0.5) is 0 Å². The van der Waals surface area contributed by atoms with Crippen LogP contribution in [0, 0.1) is 0 Å². The molecule has 0 aliphatic rings. The number of aromatic amines is 1. The molecule has 0 amide bonds. The molecule has 1 N–H and O–H groups in total. The van der Waals surface area contributed by atoms with Crippen molar-refractivity contribution in [3.8, 4) is 0 Å². The fraction of sp³-hybridized carbons (Fsp3) is 0. The molecule has 0 atom stereocenters. The number of hydrogen-bond acceptors (Lipinski definition) is 3. The normalized spacial score (nSPS) is 8.53. The van der Waals surface area contributed by atoms with Gasteiger partial charge in [-0.2, -0.15) is 5.10 Å². The van der Waals surface area contributed by atoms with E-state index in [1.54, 1.807) is 24.5 Å². The fourth-order valence-electron chi connectivity index (χ4n) is 0.782. The number of nitrogens with zero attached hydrogens (tertiary/aromatic N) is 2. The summed E-state index contributed by atoms with van der Waals surface area (Å²) in [5, 5.41) is 5.92. The Morgan fingerprint density at radius 3 is 2.27 bits per heavy atom. The summed E-state index contributed by atoms with van der Waals surface area (Å²) in [7, 11) is 0. The lowest BCUT2D eigenvalue weighted by Gasteiger charge is -1.84. The van der Waals surface area contributed by atoms with Gasteiger partial charge in [0.25, 0.3) is 5.56 Å². The van der Waals surface area contributed by atoms with Crippen LogP contribution in [-0.4, -0.2) is 15.2 Å². The molecule has 2 aromatic rings. The van der Waals surface area contributed by atoms with E-state index in [-0.39, 0.29) is 5.56 Å². The van der Waals surface area contributed by atoms with Gasteiger partial charge in [0, 0.05) is 18.5 Å². The van der Waals surface area contributed by atoms with Crippen molar-refractivity contribution in [2.45, 2.75) is 0 Å². The Labute approximate surface area is 87.3 Å². The van der Waals surface area contributed by atoms with E-state index >= 15 is 0 Å². The van der Waals surface area contributed by atoms with Crippen molar-refractivity contribution in [1.82, 2.24) is 15.2 Å². The summed E-state index contributed by atoms with van der Waals surface area (Å²) in [6.45, 7) is 3.48. The second-order valence-corrected chi connectivity index (χ2v) is 2.57. The summed E-state index contributed by atoms with van der Waals surface area (Å²) in [6, 6.07) is 8.73. The predicted molar refractivity (Wildman–Crippen MR) is 59.2 cm³/mol. The lowest BCUT2D eigenvalue weighted by atomic mass is 10.4. The minimum Gasteiger partial charge on any atom is -0.268 e. The number of hydrogen-bond donors (Lipinski definition) is 1. The highest BCUT2D eigenvalue weighted by molar-refractivity contribution is 5.39. The zero-order chi connectivity index (χ0) is 10.9. The van der Waals surface area contributed by atoms with E-state index in [2.05, 4.69) is 21.8 Å². The van der Waals surface area contributed by atoms with Crippen molar-refractivity contribution >= 4 is 6.08 Å². The van der Waals surface area contributed by atoms with Gasteiger partial charge in [0.05, 0.1) is 5.69 Å². The molecule has 15 heavy (non-hydrogen) atoms. The Hall–Kier alpha value is -2.23. The largest absolute Gasteiger partial charge is 0.268 e. The average Bonchev–Trinajstić information content (AvgIpc) is 2.33. The maximum Gasteiger partial charge on any atom is 0.264 e. The van der Waals surface area contributed by atoms with Gasteiger partial charge >= 0.3 is 0 Å². The molecule has 0 aromatic carbocycles. The highest BCUT2D eigenvalue weighted by Gasteiger charge is 1.83. The van der Waals surface area contributed by atoms with Crippen LogP contribution < -0.4 is 5.56 Å². The topological polar surface area (TPSA) is 58.6 Å². The summed E-state index contributed by atoms with van der Waals surface area (Å²) in [5.74, 6) is 0. The third-order valence-corrected chi connectivity index (χ3v) is 1.48. The average molecular weight is 201 g/mol. The van der Waals surface area contributed by atoms with Gasteiger partial charge in [0.1, 0.15) is 0 Å². The third-order valence-electron chi connectivity index (χ3n) is 1.48. The number of nitrogens with one attached hydrogen (secondary N) is 1. The highest BCUT2D eigenvalue weighted by Crippen LogP contribution is 1.86. The van der Waals surface area contributed by atoms with Crippen molar-refractivity contribution in [2.75, 3.05) is 0 Å². The lowest BCUT2D eigenvalue weighted by molar-refractivity contribution is 0.977. The summed E-state index contributed by atoms with van der Waals surface area (Å²) in [4.78, 5) is 14.2. The van der Waals surface area contributed by atoms with Crippen molar-refractivity contribution in [3.63, 3.8) is 0 Å². The van der Waals surface area contributed by atoms with Crippen LogP contribution in [-0.2, 0) is 0 Å². The SMILES string of the molecule is C=Cc1ccc(=O)[nH]n1.c1ccncc1. The molecule has 0 radical (unpaired) electrons. The Kier molecular flexibility index (Phi) is 4.53. The maximum absolute atomic E-state index is 10.4. The molecule has 2 aromatic heterocycles. The first-order chi connectivity index (χ1) is 7.33. The molecule has 0 aliphatic heterocycles. The molecule has 2 heterocycles. The van der Waals surface area contributed by atoms with Crippen LogP contribution in [0.15, 0.2) is 54.1 Å². The van der Waals surface area contributed by atoms with Crippen molar-refractivity contribution in [2.24, 2.45) is 0 Å². The predicted octanol–water partition coefficient (Wildman–Crippen LogP) is 1.49. The van der Waals surface area contributed by atoms with Crippen LogP contribution in [0.2, 0.25) is 0 Å². The summed E-state index contributed by atoms with van der Waals surface area (Å²) in [6.07, 6.45) is 5.07. The fourth-order valence-corrected chi connectivity index (χ4v) is 0.782. The molecule has 0 saturated heterocycles. The molecule has 0 unspecified atom stereocenters. The second-order valence-electron chi connectivity index (χ2n) is 2.57. The van der Waals surface area contributed by atoms with E-state index in [1.165, 1.54) is 6.07 Å². The number of aromatic nitrogens is 3. The lowest BCUT2D eigenvalue weighted by Crippen LogP contribution is -2.05. The van der Waals surface area contributed by atoms with Gasteiger partial charge in [0.2, 0.25) is 0 Å². The molecule has 0 fully saturated rings. The van der Waals surface area contributed by atoms with E-state index < -0.39 is 0 Å². The van der Waals surface area contributed by atoms with Crippen LogP contribution in [0.1, 0.15) is 5.69 Å². The Morgan fingerprint density at radius 1 is 1.20 bits per heavy atom. The van der Waals surface area contributed by atoms with Crippen LogP contribution in [0.25, 0.3) is 6.08 Å². The van der Waals surface area contributed by atoms with Crippen LogP contribution in [0.3, 0.4) is 0 Å². The minimum absolute atomic E-state index is 0.194. The second kappa shape index (κ2) is 6.26. The molecule has 0 saturated carbocycles. The van der Waals surface area contributed by atoms with Gasteiger partial charge in [-0.05, 0) is 24.3 Å². The van der Waals surface area contributed by atoms with Gasteiger partial charge in [-0.3, -0.25) is 9.78 Å². The number of H-pyrrole nitrogens is 1. The Bertz CT molecular complexity index is 404. The number of pyridine rings is 1. The molecule has 0 bridgehead atoms. The first-order valence-corrected chi connectivity index (χ1v) is 4.36. The zero-order valence-electron chi connectivity index (χ0n) is 8.13. The van der Waals surface area contributed by atoms with Gasteiger partial charge in [0.15, 0.2) is 0 Å². The third kappa shape index (κ3) is 4.52. The molecule has 0 aliphatic carbocycles. The smallest absolute Gasteiger partial charge is 0.264 e. The molecule has 4 heteroatoms. The number of rotatable bonds is 1. The van der Waals surface area contributed by atoms with Crippen molar-refractivity contribution in [3.05, 3.63) is 65.4 Å². The zero-order valence-corrected chi connectivity index (χ0v) is 8.13. The van der Waals surface area contributed by atoms with Gasteiger partial charge in [-0.1, -0.05) is 12.6 Å². The van der Waals surface area contributed by atoms with Crippen LogP contribution in [0.5, 0.6) is 0 Å². The molecule has 76 valence electrons. The minimum atomic E-state index is -0.194. The monoisotopic (exact) mass is 201 g/mol. The summed E-state index contributed by atoms with van der Waals surface area (Å²) in [5.41, 5.74) is 0.482. The Morgan fingerprint density at radius 2 is 1.93 bits per heavy atom. The van der Waals surface area contributed by atoms with Crippen molar-refractivity contribution < 1.29 is 0 Å². The molecule has 0 spiro atoms. The van der Waals surface area contributed by atoms with Gasteiger partial charge < -0.3 is 0 Å².